The number of hydrogen-bond donors (Lipinski definition) is 2. The fourth-order valence-corrected chi connectivity index (χ4v) is 4.37. The van der Waals surface area contributed by atoms with Crippen LogP contribution in [-0.2, 0) is 20.0 Å². The third kappa shape index (κ3) is 3.23. The second-order valence-corrected chi connectivity index (χ2v) is 8.82. The van der Waals surface area contributed by atoms with E-state index in [0.717, 1.165) is 16.9 Å². The van der Waals surface area contributed by atoms with Gasteiger partial charge in [-0.1, -0.05) is 15.9 Å². The summed E-state index contributed by atoms with van der Waals surface area (Å²) >= 11 is 3.26. The Morgan fingerprint density at radius 2 is 1.78 bits per heavy atom. The fourth-order valence-electron chi connectivity index (χ4n) is 1.96. The molecule has 0 aromatic heterocycles. The Hall–Kier alpha value is -1.91. The zero-order valence-electron chi connectivity index (χ0n) is 11.4. The molecule has 1 aliphatic rings. The Kier molecular flexibility index (Phi) is 3.90. The van der Waals surface area contributed by atoms with Crippen LogP contribution < -0.4 is 10.0 Å². The highest BCUT2D eigenvalue weighted by Crippen LogP contribution is 2.29. The Labute approximate surface area is 141 Å². The number of benzene rings is 2. The van der Waals surface area contributed by atoms with Crippen molar-refractivity contribution in [3.63, 3.8) is 0 Å². The summed E-state index contributed by atoms with van der Waals surface area (Å²) in [6, 6.07) is 10.3. The summed E-state index contributed by atoms with van der Waals surface area (Å²) in [5.74, 6) is 0. The van der Waals surface area contributed by atoms with Crippen molar-refractivity contribution in [2.45, 2.75) is 9.79 Å². The van der Waals surface area contributed by atoms with Gasteiger partial charge in [0.2, 0.25) is 0 Å². The molecule has 2 N–H and O–H groups in total. The van der Waals surface area contributed by atoms with E-state index in [-0.39, 0.29) is 15.5 Å². The van der Waals surface area contributed by atoms with E-state index in [1.807, 2.05) is 0 Å². The van der Waals surface area contributed by atoms with Gasteiger partial charge in [0.25, 0.3) is 20.0 Å². The van der Waals surface area contributed by atoms with Gasteiger partial charge in [0.15, 0.2) is 0 Å². The Balaban J connectivity index is 2.00. The van der Waals surface area contributed by atoms with Crippen molar-refractivity contribution < 1.29 is 16.8 Å². The molecule has 1 heterocycles. The molecule has 0 aliphatic carbocycles. The zero-order valence-corrected chi connectivity index (χ0v) is 14.6. The molecular weight excluding hydrogens is 406 g/mol. The third-order valence-corrected chi connectivity index (χ3v) is 6.23. The minimum Gasteiger partial charge on any atom is -0.345 e. The standard InChI is InChI=1S/C13H10BrN3O4S2/c14-9-1-3-10(4-2-9)17-22(18,19)11-5-6-12-13(7-11)23(20,21)16-8-15-12/h1-8,17H,(H,15,16). The SMILES string of the molecule is O=S1(=O)N=CNc2ccc(S(=O)(=O)Nc3ccc(Br)cc3)cc21. The van der Waals surface area contributed by atoms with Crippen molar-refractivity contribution in [3.8, 4) is 0 Å². The maximum atomic E-state index is 12.4. The molecule has 3 rings (SSSR count). The van der Waals surface area contributed by atoms with Crippen molar-refractivity contribution >= 4 is 53.7 Å². The van der Waals surface area contributed by atoms with Crippen LogP contribution in [0.4, 0.5) is 11.4 Å². The Morgan fingerprint density at radius 3 is 2.48 bits per heavy atom. The van der Waals surface area contributed by atoms with Crippen molar-refractivity contribution in [3.05, 3.63) is 46.9 Å². The monoisotopic (exact) mass is 415 g/mol. The molecule has 7 nitrogen and oxygen atoms in total. The van der Waals surface area contributed by atoms with E-state index < -0.39 is 20.0 Å². The van der Waals surface area contributed by atoms with Gasteiger partial charge >= 0.3 is 0 Å². The number of rotatable bonds is 3. The van der Waals surface area contributed by atoms with E-state index in [4.69, 9.17) is 0 Å². The summed E-state index contributed by atoms with van der Waals surface area (Å²) in [6.45, 7) is 0. The second-order valence-electron chi connectivity index (χ2n) is 4.62. The van der Waals surface area contributed by atoms with Gasteiger partial charge in [-0.2, -0.15) is 8.42 Å². The first-order chi connectivity index (χ1) is 10.8. The molecule has 0 fully saturated rings. The van der Waals surface area contributed by atoms with Gasteiger partial charge in [-0.25, -0.2) is 8.42 Å². The smallest absolute Gasteiger partial charge is 0.285 e. The van der Waals surface area contributed by atoms with Gasteiger partial charge in [0, 0.05) is 10.2 Å². The first kappa shape index (κ1) is 16.0. The number of nitrogens with one attached hydrogen (secondary N) is 2. The summed E-state index contributed by atoms with van der Waals surface area (Å²) in [7, 11) is -7.81. The van der Waals surface area contributed by atoms with Gasteiger partial charge in [-0.15, -0.1) is 4.40 Å². The lowest BCUT2D eigenvalue weighted by Gasteiger charge is -2.14. The van der Waals surface area contributed by atoms with Crippen molar-refractivity contribution in [2.75, 3.05) is 10.0 Å². The van der Waals surface area contributed by atoms with Crippen LogP contribution >= 0.6 is 15.9 Å². The molecular formula is C13H10BrN3O4S2. The molecule has 2 aromatic rings. The van der Waals surface area contributed by atoms with Crippen LogP contribution in [-0.4, -0.2) is 23.2 Å². The lowest BCUT2D eigenvalue weighted by atomic mass is 10.3. The minimum absolute atomic E-state index is 0.165. The third-order valence-electron chi connectivity index (χ3n) is 3.05. The first-order valence-corrected chi connectivity index (χ1v) is 9.97. The van der Waals surface area contributed by atoms with Crippen LogP contribution in [0.15, 0.2) is 61.1 Å². The molecule has 1 aliphatic heterocycles. The lowest BCUT2D eigenvalue weighted by Crippen LogP contribution is -2.16. The van der Waals surface area contributed by atoms with E-state index in [2.05, 4.69) is 30.4 Å². The summed E-state index contributed by atoms with van der Waals surface area (Å²) in [5, 5.41) is 2.66. The van der Waals surface area contributed by atoms with E-state index in [1.165, 1.54) is 12.1 Å². The van der Waals surface area contributed by atoms with Gasteiger partial charge in [-0.05, 0) is 42.5 Å². The van der Waals surface area contributed by atoms with Gasteiger partial charge in [-0.3, -0.25) is 4.72 Å². The largest absolute Gasteiger partial charge is 0.345 e. The lowest BCUT2D eigenvalue weighted by molar-refractivity contribution is 0.597. The predicted molar refractivity (Wildman–Crippen MR) is 90.7 cm³/mol. The molecule has 0 saturated carbocycles. The van der Waals surface area contributed by atoms with Crippen molar-refractivity contribution in [1.82, 2.24) is 0 Å². The molecule has 120 valence electrons. The van der Waals surface area contributed by atoms with E-state index in [1.54, 1.807) is 24.3 Å². The predicted octanol–water partition coefficient (Wildman–Crippen LogP) is 2.39. The van der Waals surface area contributed by atoms with Crippen LogP contribution in [0.2, 0.25) is 0 Å². The van der Waals surface area contributed by atoms with E-state index >= 15 is 0 Å². The van der Waals surface area contributed by atoms with Crippen LogP contribution in [0, 0.1) is 0 Å². The highest BCUT2D eigenvalue weighted by atomic mass is 79.9. The quantitative estimate of drug-likeness (QED) is 0.800. The second kappa shape index (κ2) is 5.62. The molecule has 0 atom stereocenters. The maximum absolute atomic E-state index is 12.4. The number of fused-ring (bicyclic) bond motifs is 1. The average molecular weight is 416 g/mol. The van der Waals surface area contributed by atoms with Gasteiger partial charge in [0.05, 0.1) is 10.6 Å². The van der Waals surface area contributed by atoms with Gasteiger partial charge in [0.1, 0.15) is 11.2 Å². The Morgan fingerprint density at radius 1 is 1.09 bits per heavy atom. The number of hydrogen-bond acceptors (Lipinski definition) is 5. The fraction of sp³-hybridized carbons (Fsp3) is 0. The van der Waals surface area contributed by atoms with Crippen LogP contribution in [0.1, 0.15) is 0 Å². The first-order valence-electron chi connectivity index (χ1n) is 6.26. The van der Waals surface area contributed by atoms with Crippen LogP contribution in [0.3, 0.4) is 0 Å². The molecule has 0 radical (unpaired) electrons. The summed E-state index contributed by atoms with van der Waals surface area (Å²) in [6.07, 6.45) is 1.05. The molecule has 23 heavy (non-hydrogen) atoms. The normalized spacial score (nSPS) is 15.5. The number of nitrogens with zero attached hydrogens (tertiary/aromatic N) is 1. The number of halogens is 1. The van der Waals surface area contributed by atoms with Crippen LogP contribution in [0.5, 0.6) is 0 Å². The number of anilines is 2. The van der Waals surface area contributed by atoms with Crippen LogP contribution in [0.25, 0.3) is 0 Å². The summed E-state index contributed by atoms with van der Waals surface area (Å²) in [4.78, 5) is -0.347. The van der Waals surface area contributed by atoms with Crippen molar-refractivity contribution in [2.24, 2.45) is 4.40 Å². The highest BCUT2D eigenvalue weighted by Gasteiger charge is 2.24. The topological polar surface area (TPSA) is 105 Å². The molecule has 0 unspecified atom stereocenters. The molecule has 0 bridgehead atoms. The molecule has 2 aromatic carbocycles. The summed E-state index contributed by atoms with van der Waals surface area (Å²) < 4.78 is 55.1. The average Bonchev–Trinajstić information content (AvgIpc) is 2.49. The van der Waals surface area contributed by atoms with E-state index in [9.17, 15) is 16.8 Å². The summed E-state index contributed by atoms with van der Waals surface area (Å²) in [5.41, 5.74) is 0.646. The zero-order chi connectivity index (χ0) is 16.7. The molecule has 0 spiro atoms. The molecule has 0 saturated heterocycles. The maximum Gasteiger partial charge on any atom is 0.285 e. The van der Waals surface area contributed by atoms with Gasteiger partial charge < -0.3 is 5.32 Å². The molecule has 0 amide bonds. The van der Waals surface area contributed by atoms with Crippen molar-refractivity contribution in [1.29, 1.82) is 0 Å². The minimum atomic E-state index is -3.92. The van der Waals surface area contributed by atoms with E-state index in [0.29, 0.717) is 5.69 Å². The Bertz CT molecular complexity index is 1000. The molecule has 10 heteroatoms. The highest BCUT2D eigenvalue weighted by molar-refractivity contribution is 9.10. The number of sulfonamides is 2.